The van der Waals surface area contributed by atoms with Crippen LogP contribution in [-0.2, 0) is 18.9 Å². The summed E-state index contributed by atoms with van der Waals surface area (Å²) in [7, 11) is 0. The average molecular weight is 2100 g/mol. The van der Waals surface area contributed by atoms with Gasteiger partial charge in [-0.2, -0.15) is 0 Å². The number of nitrogens with zero attached hydrogens (tertiary/aromatic N) is 20. The number of aliphatic hydroxyl groups excluding tert-OH is 10. The van der Waals surface area contributed by atoms with Crippen molar-refractivity contribution in [2.75, 3.05) is 96.9 Å². The molecule has 8 aliphatic rings. The second-order valence-corrected chi connectivity index (χ2v) is 38.8. The van der Waals surface area contributed by atoms with E-state index in [-0.39, 0.29) is 150 Å². The number of aromatic nitrogens is 20. The van der Waals surface area contributed by atoms with E-state index in [4.69, 9.17) is 57.0 Å². The quantitative estimate of drug-likeness (QED) is 0.00969. The first-order valence-electron chi connectivity index (χ1n) is 58.3. The Bertz CT molecular complexity index is 7770. The summed E-state index contributed by atoms with van der Waals surface area (Å²) in [5, 5.41) is 167. The number of hydrogen-bond acceptors (Lipinski definition) is 40. The summed E-state index contributed by atoms with van der Waals surface area (Å²) in [5.41, 5.74) is 1.57. The van der Waals surface area contributed by atoms with Crippen molar-refractivity contribution in [3.8, 4) is 0 Å². The van der Waals surface area contributed by atoms with Gasteiger partial charge < -0.3 is 101 Å². The molecule has 24 atom stereocenters. The van der Waals surface area contributed by atoms with E-state index in [9.17, 15) is 73.7 Å². The molecule has 48 heteroatoms. The smallest absolute Gasteiger partial charge is 0.191 e. The Morgan fingerprint density at radius 3 is 0.847 bits per heavy atom. The minimum Gasteiger partial charge on any atom is -0.394 e. The highest BCUT2D eigenvalue weighted by Crippen LogP contribution is 2.50. The number of aryl methyl sites for hydroxylation is 4. The van der Waals surface area contributed by atoms with Crippen LogP contribution in [0.2, 0.25) is 0 Å². The zero-order chi connectivity index (χ0) is 123. The minimum atomic E-state index is -3.41. The fourth-order valence-electron chi connectivity index (χ4n) is 16.6. The molecule has 8 aromatic heterocycles. The summed E-state index contributed by atoms with van der Waals surface area (Å²) in [5.74, 6) is -9.20. The number of aliphatic hydroxyl groups is 12. The molecule has 0 saturated heterocycles. The molecule has 8 aliphatic carbocycles. The summed E-state index contributed by atoms with van der Waals surface area (Å²) >= 11 is 5.08. The molecule has 20 rings (SSSR count). The van der Waals surface area contributed by atoms with E-state index < -0.39 is 233 Å². The van der Waals surface area contributed by atoms with Crippen LogP contribution in [0.5, 0.6) is 0 Å². The summed E-state index contributed by atoms with van der Waals surface area (Å²) in [6.07, 6.45) is -23.2. The van der Waals surface area contributed by atoms with Gasteiger partial charge in [-0.15, -0.1) is 20.4 Å². The lowest BCUT2D eigenvalue weighted by Crippen LogP contribution is -2.33. The van der Waals surface area contributed by atoms with Crippen LogP contribution < -0.4 is 21.3 Å². The van der Waals surface area contributed by atoms with E-state index >= 15 is 0 Å². The summed E-state index contributed by atoms with van der Waals surface area (Å²) < 4.78 is 283. The molecule has 16 N–H and O–H groups in total. The molecule has 0 unspecified atom stereocenters. The number of halogens is 4. The van der Waals surface area contributed by atoms with Gasteiger partial charge in [0.1, 0.15) is 72.1 Å². The van der Waals surface area contributed by atoms with Crippen LogP contribution in [0.25, 0.3) is 44.7 Å². The number of hydrogen-bond donors (Lipinski definition) is 16. The van der Waals surface area contributed by atoms with E-state index in [0.29, 0.717) is 45.3 Å². The second kappa shape index (κ2) is 47.3. The molecule has 8 saturated carbocycles. The van der Waals surface area contributed by atoms with Crippen molar-refractivity contribution in [2.45, 2.75) is 298 Å². The number of nitrogens with one attached hydrogen (secondary N) is 4. The number of fused-ring (bicyclic) bond motifs is 4. The lowest BCUT2D eigenvalue weighted by atomic mass is 10.1. The SMILES string of the molecule is [2H]C([2H])(CO)O[C@H]1C[C@@H](n2nnc3c(N[C@]4([2H])C([2H])([2H])[C@@]4([2H])c4ccc(C)c(F)c4)nc(SCCC)nc32)[C@H](O)[C@@H]1O.[2H]C([2H])(O)C([2H])([2H])O[C@H]1C[C@@H](n2nnc3c(N[C@]4([2H])C([2H])([2H])[C@@]4([2H])c4ccc(C)c(F)c4)nc(SCCC)nc32)[C@H](O)[C@@H]1O.[2H]C([2H])(O)CO[C@H]1C[C@@H](n2nnc3c(N[C@]4([2H])C([2H])([2H])[C@@]4([2H])c4ccc(C)c(F)c4)nc(SCCC)nc32)[C@H](O)[C@@H]1O.[2H]C1([2H])[C@@]([2H])(Nc2nc(SCCC)nc3c2nnn3[C@@H]2C[C@H](OCCO)[C@@H](O)[C@H]2O)[C@]1([2H])c1ccc(C)c(F)c1. The summed E-state index contributed by atoms with van der Waals surface area (Å²) in [6, 6.07) is 2.59. The first-order chi connectivity index (χ1) is 78.4. The predicted octanol–water partition coefficient (Wildman–Crippen LogP) is 8.73. The molecule has 0 radical (unpaired) electrons. The Balaban J connectivity index is 0.000000149. The van der Waals surface area contributed by atoms with Gasteiger partial charge in [0.2, 0.25) is 0 Å². The molecule has 4 aromatic carbocycles. The normalized spacial score (nSPS) is 35.9. The van der Waals surface area contributed by atoms with Crippen molar-refractivity contribution < 1.29 is 131 Å². The van der Waals surface area contributed by atoms with Crippen LogP contribution in [0.3, 0.4) is 0 Å². The maximum atomic E-state index is 14.4. The summed E-state index contributed by atoms with van der Waals surface area (Å²) in [6.45, 7) is 0.285. The molecule has 8 fully saturated rings. The molecule has 0 bridgehead atoms. The molecule has 40 nitrogen and oxygen atoms in total. The molecule has 0 amide bonds. The fourth-order valence-corrected chi connectivity index (χ4v) is 19.4. The molecular weight excluding hydrogens is 1950 g/mol. The van der Waals surface area contributed by atoms with Crippen LogP contribution in [0.15, 0.2) is 93.4 Å². The Labute approximate surface area is 877 Å². The second-order valence-electron chi connectivity index (χ2n) is 34.6. The van der Waals surface area contributed by atoms with Gasteiger partial charge >= 0.3 is 0 Å². The summed E-state index contributed by atoms with van der Waals surface area (Å²) in [4.78, 5) is 35.8. The molecule has 776 valence electrons. The number of ether oxygens (including phenoxy) is 4. The standard InChI is InChI=1S/4C24H31FN6O4S/c4*1-3-8-36-24-27-22(26-16-10-14(16)13-5-4-12(2)15(25)9-13)19-23(28-24)31(30-29-19)17-11-18(35-7-6-32)21(34)20(17)33/h4*4-5,9,14,16-18,20-21,32-34H,3,6-8,10-11H2,1-2H3,(H,26,27,28)/t4*14-,16+,17+,18-,20-,21+/m0000/s1/i6D2,7D2,10D2,14D,16D;7D2,10D2,14D,16D;6D2,10D2,14D,16D;10D2,14D,16D. The van der Waals surface area contributed by atoms with Crippen molar-refractivity contribution in [3.05, 3.63) is 141 Å². The van der Waals surface area contributed by atoms with Crippen molar-refractivity contribution in [1.29, 1.82) is 0 Å². The van der Waals surface area contributed by atoms with E-state index in [0.717, 1.165) is 54.6 Å². The first kappa shape index (κ1) is 78.7. The third-order valence-electron chi connectivity index (χ3n) is 24.5. The van der Waals surface area contributed by atoms with Gasteiger partial charge in [-0.05, 0) is 148 Å². The van der Waals surface area contributed by atoms with E-state index in [2.05, 4.69) is 102 Å². The lowest BCUT2D eigenvalue weighted by molar-refractivity contribution is -0.0629. The van der Waals surface area contributed by atoms with Gasteiger partial charge in [0, 0.05) is 113 Å². The third kappa shape index (κ3) is 23.8. The van der Waals surface area contributed by atoms with Gasteiger partial charge in [-0.1, -0.05) is 144 Å². The highest BCUT2D eigenvalue weighted by molar-refractivity contribution is 7.99. The third-order valence-corrected chi connectivity index (χ3v) is 28.7. The van der Waals surface area contributed by atoms with Gasteiger partial charge in [0.25, 0.3) is 0 Å². The van der Waals surface area contributed by atoms with Crippen LogP contribution in [-0.4, -0.2) is 334 Å². The molecule has 8 heterocycles. The lowest BCUT2D eigenvalue weighted by Gasteiger charge is -2.17. The van der Waals surface area contributed by atoms with Crippen molar-refractivity contribution >= 4 is 115 Å². The van der Waals surface area contributed by atoms with Crippen molar-refractivity contribution in [1.82, 2.24) is 99.8 Å². The van der Waals surface area contributed by atoms with Crippen LogP contribution >= 0.6 is 47.0 Å². The highest BCUT2D eigenvalue weighted by atomic mass is 32.2. The zero-order valence-corrected chi connectivity index (χ0v) is 81.8. The predicted molar refractivity (Wildman–Crippen MR) is 530 cm³/mol. The van der Waals surface area contributed by atoms with Crippen molar-refractivity contribution in [3.63, 3.8) is 0 Å². The molecular formula is C96H124F4N24O16S4. The van der Waals surface area contributed by atoms with Gasteiger partial charge in [-0.3, -0.25) is 0 Å². The molecule has 0 aliphatic heterocycles. The van der Waals surface area contributed by atoms with Gasteiger partial charge in [0.15, 0.2) is 88.6 Å². The van der Waals surface area contributed by atoms with Gasteiger partial charge in [-0.25, -0.2) is 76.2 Å². The molecule has 12 aromatic rings. The number of rotatable bonds is 40. The topological polar surface area (TPSA) is 554 Å². The first-order valence-corrected chi connectivity index (χ1v) is 50.2. The Morgan fingerprint density at radius 1 is 0.354 bits per heavy atom. The molecule has 0 spiro atoms. The average Bonchev–Trinajstić information content (AvgIpc) is 1.49. The van der Waals surface area contributed by atoms with Crippen molar-refractivity contribution in [2.24, 2.45) is 0 Å². The van der Waals surface area contributed by atoms with Crippen LogP contribution in [0, 0.1) is 51.0 Å². The maximum Gasteiger partial charge on any atom is 0.191 e. The number of benzene rings is 4. The zero-order valence-electron chi connectivity index (χ0n) is 103. The fraction of sp³-hybridized carbons (Fsp3) is 0.583. The monoisotopic (exact) mass is 2100 g/mol. The maximum absolute atomic E-state index is 14.4. The molecule has 144 heavy (non-hydrogen) atoms. The number of thioether (sulfide) groups is 4. The Hall–Kier alpha value is -9.52. The van der Waals surface area contributed by atoms with Gasteiger partial charge in [0.05, 0.1) is 118 Å². The Kier molecular flexibility index (Phi) is 25.9. The van der Waals surface area contributed by atoms with Crippen LogP contribution in [0.1, 0.15) is 230 Å². The van der Waals surface area contributed by atoms with Crippen LogP contribution in [0.4, 0.5) is 40.8 Å². The van der Waals surface area contributed by atoms with E-state index in [1.54, 1.807) is 13.8 Å². The largest absolute Gasteiger partial charge is 0.394 e. The van der Waals surface area contributed by atoms with E-state index in [1.165, 1.54) is 123 Å². The number of anilines is 4. The highest BCUT2D eigenvalue weighted by Gasteiger charge is 2.51. The Morgan fingerprint density at radius 2 is 0.611 bits per heavy atom. The minimum absolute atomic E-state index is 0.000253. The van der Waals surface area contributed by atoms with E-state index in [1.807, 2.05) is 27.7 Å².